The van der Waals surface area contributed by atoms with E-state index < -0.39 is 14.9 Å². The molecule has 0 aromatic heterocycles. The maximum absolute atomic E-state index is 12.5. The molecule has 0 atom stereocenters. The summed E-state index contributed by atoms with van der Waals surface area (Å²) in [6, 6.07) is 3.46. The molecule has 9 nitrogen and oxygen atoms in total. The molecular weight excluding hydrogens is 288 g/mol. The van der Waals surface area contributed by atoms with Gasteiger partial charge in [-0.15, -0.1) is 0 Å². The van der Waals surface area contributed by atoms with Crippen molar-refractivity contribution in [2.75, 3.05) is 31.7 Å². The van der Waals surface area contributed by atoms with Gasteiger partial charge in [-0.05, 0) is 6.07 Å². The molecule has 1 aromatic carbocycles. The van der Waals surface area contributed by atoms with Gasteiger partial charge in [0, 0.05) is 25.2 Å². The number of benzene rings is 1. The van der Waals surface area contributed by atoms with E-state index in [4.69, 9.17) is 10.6 Å². The summed E-state index contributed by atoms with van der Waals surface area (Å²) in [4.78, 5) is 9.92. The molecule has 1 aliphatic heterocycles. The molecule has 110 valence electrons. The van der Waals surface area contributed by atoms with E-state index in [0.717, 1.165) is 6.07 Å². The van der Waals surface area contributed by atoms with Crippen molar-refractivity contribution < 1.29 is 18.1 Å². The van der Waals surface area contributed by atoms with Crippen LogP contribution in [0.3, 0.4) is 0 Å². The monoisotopic (exact) mass is 302 g/mol. The molecule has 0 spiro atoms. The van der Waals surface area contributed by atoms with Gasteiger partial charge in [0.25, 0.3) is 5.69 Å². The number of sulfonamides is 1. The van der Waals surface area contributed by atoms with Crippen molar-refractivity contribution in [2.45, 2.75) is 4.90 Å². The summed E-state index contributed by atoms with van der Waals surface area (Å²) in [5.74, 6) is 5.28. The highest BCUT2D eigenvalue weighted by Gasteiger charge is 2.30. The van der Waals surface area contributed by atoms with Crippen LogP contribution in [0.4, 0.5) is 11.4 Å². The van der Waals surface area contributed by atoms with Crippen molar-refractivity contribution in [2.24, 2.45) is 5.84 Å². The number of anilines is 1. The van der Waals surface area contributed by atoms with Crippen molar-refractivity contribution in [3.8, 4) is 0 Å². The second-order valence-corrected chi connectivity index (χ2v) is 6.00. The summed E-state index contributed by atoms with van der Waals surface area (Å²) in [5, 5.41) is 10.8. The molecule has 0 unspecified atom stereocenters. The first-order valence-corrected chi connectivity index (χ1v) is 7.24. The van der Waals surface area contributed by atoms with E-state index in [1.54, 1.807) is 0 Å². The number of rotatable bonds is 4. The molecule has 0 aliphatic carbocycles. The number of hydrogen-bond donors (Lipinski definition) is 2. The Bertz CT molecular complexity index is 612. The molecular formula is C10H14N4O5S. The number of nitrogen functional groups attached to an aromatic ring is 1. The second kappa shape index (κ2) is 5.71. The van der Waals surface area contributed by atoms with Gasteiger partial charge in [-0.2, -0.15) is 4.31 Å². The molecule has 1 aliphatic rings. The summed E-state index contributed by atoms with van der Waals surface area (Å²) in [7, 11) is -3.85. The fourth-order valence-corrected chi connectivity index (χ4v) is 3.47. The van der Waals surface area contributed by atoms with Crippen LogP contribution in [0.1, 0.15) is 0 Å². The average molecular weight is 302 g/mol. The van der Waals surface area contributed by atoms with Crippen LogP contribution in [0, 0.1) is 10.1 Å². The molecule has 1 heterocycles. The maximum atomic E-state index is 12.5. The third kappa shape index (κ3) is 2.72. The molecule has 3 N–H and O–H groups in total. The number of nitrogens with zero attached hydrogens (tertiary/aromatic N) is 2. The van der Waals surface area contributed by atoms with Crippen molar-refractivity contribution >= 4 is 21.4 Å². The van der Waals surface area contributed by atoms with Crippen molar-refractivity contribution in [1.82, 2.24) is 4.31 Å². The predicted octanol–water partition coefficient (Wildman–Crippen LogP) is -0.0987. The molecule has 0 amide bonds. The van der Waals surface area contributed by atoms with Gasteiger partial charge in [0.2, 0.25) is 10.0 Å². The van der Waals surface area contributed by atoms with Crippen molar-refractivity contribution in [1.29, 1.82) is 0 Å². The minimum Gasteiger partial charge on any atom is -0.379 e. The van der Waals surface area contributed by atoms with Crippen LogP contribution in [0.15, 0.2) is 23.1 Å². The first-order chi connectivity index (χ1) is 9.46. The highest BCUT2D eigenvalue weighted by atomic mass is 32.2. The van der Waals surface area contributed by atoms with E-state index in [2.05, 4.69) is 5.43 Å². The number of nitro groups is 1. The van der Waals surface area contributed by atoms with Crippen LogP contribution in [0.2, 0.25) is 0 Å². The fraction of sp³-hybridized carbons (Fsp3) is 0.400. The molecule has 0 bridgehead atoms. The highest BCUT2D eigenvalue weighted by Crippen LogP contribution is 2.28. The number of morpholine rings is 1. The Kier molecular flexibility index (Phi) is 4.18. The molecule has 1 fully saturated rings. The van der Waals surface area contributed by atoms with Gasteiger partial charge in [0.15, 0.2) is 0 Å². The zero-order valence-electron chi connectivity index (χ0n) is 10.5. The summed E-state index contributed by atoms with van der Waals surface area (Å²) in [6.07, 6.45) is 0. The van der Waals surface area contributed by atoms with Crippen LogP contribution < -0.4 is 11.3 Å². The van der Waals surface area contributed by atoms with Crippen LogP contribution in [0.25, 0.3) is 0 Å². The van der Waals surface area contributed by atoms with Crippen LogP contribution in [-0.4, -0.2) is 43.9 Å². The number of ether oxygens (including phenoxy) is 1. The Hall–Kier alpha value is -1.75. The maximum Gasteiger partial charge on any atom is 0.270 e. The molecule has 10 heteroatoms. The third-order valence-corrected chi connectivity index (χ3v) is 4.86. The smallest absolute Gasteiger partial charge is 0.270 e. The van der Waals surface area contributed by atoms with E-state index >= 15 is 0 Å². The largest absolute Gasteiger partial charge is 0.379 e. The van der Waals surface area contributed by atoms with E-state index in [9.17, 15) is 18.5 Å². The van der Waals surface area contributed by atoms with Crippen LogP contribution in [0.5, 0.6) is 0 Å². The summed E-state index contributed by atoms with van der Waals surface area (Å²) in [5.41, 5.74) is 2.05. The van der Waals surface area contributed by atoms with Crippen LogP contribution in [-0.2, 0) is 14.8 Å². The van der Waals surface area contributed by atoms with Gasteiger partial charge >= 0.3 is 0 Å². The van der Waals surface area contributed by atoms with E-state index in [0.29, 0.717) is 13.2 Å². The molecule has 2 rings (SSSR count). The molecule has 0 saturated carbocycles. The third-order valence-electron chi connectivity index (χ3n) is 2.92. The number of hydrogen-bond acceptors (Lipinski definition) is 7. The topological polar surface area (TPSA) is 128 Å². The van der Waals surface area contributed by atoms with Gasteiger partial charge in [-0.1, -0.05) is 0 Å². The number of nitro benzene ring substituents is 1. The zero-order valence-corrected chi connectivity index (χ0v) is 11.3. The minimum absolute atomic E-state index is 0.113. The summed E-state index contributed by atoms with van der Waals surface area (Å²) in [6.45, 7) is 0.989. The standard InChI is InChI=1S/C10H14N4O5S/c11-12-9-2-1-8(14(15)16)7-10(9)20(17,18)13-3-5-19-6-4-13/h1-2,7,12H,3-6,11H2. The predicted molar refractivity (Wildman–Crippen MR) is 70.5 cm³/mol. The van der Waals surface area contributed by atoms with Gasteiger partial charge in [-0.25, -0.2) is 8.42 Å². The number of hydrazine groups is 1. The molecule has 0 radical (unpaired) electrons. The van der Waals surface area contributed by atoms with Gasteiger partial charge in [-0.3, -0.25) is 16.0 Å². The van der Waals surface area contributed by atoms with Gasteiger partial charge in [0.1, 0.15) is 4.90 Å². The van der Waals surface area contributed by atoms with E-state index in [1.165, 1.54) is 16.4 Å². The molecule has 1 saturated heterocycles. The van der Waals surface area contributed by atoms with E-state index in [-0.39, 0.29) is 29.4 Å². The fourth-order valence-electron chi connectivity index (χ4n) is 1.88. The van der Waals surface area contributed by atoms with Crippen molar-refractivity contribution in [3.63, 3.8) is 0 Å². The number of nitrogens with two attached hydrogens (primary N) is 1. The lowest BCUT2D eigenvalue weighted by Gasteiger charge is -2.26. The first kappa shape index (κ1) is 14.7. The van der Waals surface area contributed by atoms with Gasteiger partial charge < -0.3 is 10.2 Å². The van der Waals surface area contributed by atoms with E-state index in [1.807, 2.05) is 0 Å². The summed E-state index contributed by atoms with van der Waals surface area (Å²) >= 11 is 0. The van der Waals surface area contributed by atoms with Gasteiger partial charge in [0.05, 0.1) is 23.8 Å². The van der Waals surface area contributed by atoms with Crippen LogP contribution >= 0.6 is 0 Å². The normalized spacial score (nSPS) is 16.9. The summed E-state index contributed by atoms with van der Waals surface area (Å²) < 4.78 is 31.3. The quantitative estimate of drug-likeness (QED) is 0.451. The lowest BCUT2D eigenvalue weighted by atomic mass is 10.3. The molecule has 1 aromatic rings. The Labute approximate surface area is 115 Å². The zero-order chi connectivity index (χ0) is 14.8. The molecule has 20 heavy (non-hydrogen) atoms. The number of nitrogens with one attached hydrogen (secondary N) is 1. The second-order valence-electron chi connectivity index (χ2n) is 4.10. The Morgan fingerprint density at radius 2 is 2.00 bits per heavy atom. The number of non-ortho nitro benzene ring substituents is 1. The Balaban J connectivity index is 2.48. The lowest BCUT2D eigenvalue weighted by Crippen LogP contribution is -2.40. The average Bonchev–Trinajstić information content (AvgIpc) is 2.47. The van der Waals surface area contributed by atoms with Crippen molar-refractivity contribution in [3.05, 3.63) is 28.3 Å². The highest BCUT2D eigenvalue weighted by molar-refractivity contribution is 7.89. The SMILES string of the molecule is NNc1ccc([N+](=O)[O-])cc1S(=O)(=O)N1CCOCC1. The lowest BCUT2D eigenvalue weighted by molar-refractivity contribution is -0.385. The minimum atomic E-state index is -3.85. The Morgan fingerprint density at radius 1 is 1.35 bits per heavy atom. The first-order valence-electron chi connectivity index (χ1n) is 5.80. The Morgan fingerprint density at radius 3 is 2.55 bits per heavy atom.